The van der Waals surface area contributed by atoms with Gasteiger partial charge in [-0.05, 0) is 52.4 Å². The standard InChI is InChI=1S/C20H26N6O/c1-10-16(17(14-6-7-14)23-9-22-10)18-21-8-15-19(25-18)26(12(3)13-4-5-13)20(27)11(2)24-15/h8-9,11-14,18,24-25H,4-7H2,1-3H3. The SMILES string of the molecule is Cc1ncnc(C2CC2)c1C1N=CC2=C(N1)N(C(C)C1CC1)C(=O)C(C)N2. The monoisotopic (exact) mass is 366 g/mol. The number of hydrogen-bond donors (Lipinski definition) is 2. The lowest BCUT2D eigenvalue weighted by atomic mass is 10.0. The molecule has 3 atom stereocenters. The highest BCUT2D eigenvalue weighted by Gasteiger charge is 2.43. The van der Waals surface area contributed by atoms with E-state index in [4.69, 9.17) is 4.99 Å². The number of allylic oxidation sites excluding steroid dienone is 1. The van der Waals surface area contributed by atoms with Crippen LogP contribution in [0.1, 0.15) is 68.6 Å². The van der Waals surface area contributed by atoms with Gasteiger partial charge in [-0.2, -0.15) is 0 Å². The minimum atomic E-state index is -0.252. The number of amides is 1. The smallest absolute Gasteiger partial charge is 0.250 e. The normalized spacial score (nSPS) is 28.6. The average molecular weight is 366 g/mol. The lowest BCUT2D eigenvalue weighted by molar-refractivity contribution is -0.134. The van der Waals surface area contributed by atoms with Gasteiger partial charge in [-0.1, -0.05) is 0 Å². The fraction of sp³-hybridized carbons (Fsp3) is 0.600. The van der Waals surface area contributed by atoms with Gasteiger partial charge in [0.05, 0.1) is 17.6 Å². The third-order valence-electron chi connectivity index (χ3n) is 6.16. The van der Waals surface area contributed by atoms with E-state index in [1.54, 1.807) is 6.33 Å². The van der Waals surface area contributed by atoms with Crippen molar-refractivity contribution in [2.24, 2.45) is 10.9 Å². The molecule has 2 aliphatic carbocycles. The first kappa shape index (κ1) is 16.7. The average Bonchev–Trinajstić information content (AvgIpc) is 3.55. The van der Waals surface area contributed by atoms with Crippen LogP contribution < -0.4 is 10.6 Å². The minimum absolute atomic E-state index is 0.123. The van der Waals surface area contributed by atoms with E-state index in [9.17, 15) is 4.79 Å². The molecule has 2 N–H and O–H groups in total. The molecule has 7 nitrogen and oxygen atoms in total. The summed E-state index contributed by atoms with van der Waals surface area (Å²) in [7, 11) is 0. The van der Waals surface area contributed by atoms with Gasteiger partial charge in [-0.25, -0.2) is 9.97 Å². The zero-order chi connectivity index (χ0) is 18.7. The van der Waals surface area contributed by atoms with E-state index in [1.807, 2.05) is 25.0 Å². The van der Waals surface area contributed by atoms with Gasteiger partial charge in [-0.3, -0.25) is 14.7 Å². The van der Waals surface area contributed by atoms with Gasteiger partial charge in [0.2, 0.25) is 0 Å². The third-order valence-corrected chi connectivity index (χ3v) is 6.16. The number of rotatable bonds is 4. The van der Waals surface area contributed by atoms with Crippen LogP contribution in [0.4, 0.5) is 0 Å². The first-order chi connectivity index (χ1) is 13.0. The second-order valence-corrected chi connectivity index (χ2v) is 8.27. The molecule has 1 aromatic rings. The van der Waals surface area contributed by atoms with Crippen LogP contribution in [0.3, 0.4) is 0 Å². The van der Waals surface area contributed by atoms with Gasteiger partial charge in [-0.15, -0.1) is 0 Å². The van der Waals surface area contributed by atoms with E-state index >= 15 is 0 Å². The Hall–Kier alpha value is -2.44. The molecule has 2 aliphatic heterocycles. The van der Waals surface area contributed by atoms with Crippen LogP contribution in [0.2, 0.25) is 0 Å². The van der Waals surface area contributed by atoms with Crippen LogP contribution in [-0.2, 0) is 4.79 Å². The topological polar surface area (TPSA) is 82.5 Å². The van der Waals surface area contributed by atoms with Gasteiger partial charge >= 0.3 is 0 Å². The summed E-state index contributed by atoms with van der Waals surface area (Å²) in [6.07, 6.45) is 8.02. The summed E-state index contributed by atoms with van der Waals surface area (Å²) >= 11 is 0. The largest absolute Gasteiger partial charge is 0.370 e. The summed E-state index contributed by atoms with van der Waals surface area (Å²) in [6, 6.07) is -0.0405. The Morgan fingerprint density at radius 2 is 1.96 bits per heavy atom. The van der Waals surface area contributed by atoms with E-state index in [1.165, 1.54) is 25.7 Å². The number of carbonyl (C=O) groups excluding carboxylic acids is 1. The number of aryl methyl sites for hydroxylation is 1. The molecule has 0 aromatic carbocycles. The molecule has 0 bridgehead atoms. The highest BCUT2D eigenvalue weighted by atomic mass is 16.2. The molecule has 7 heteroatoms. The molecule has 142 valence electrons. The zero-order valence-corrected chi connectivity index (χ0v) is 16.1. The van der Waals surface area contributed by atoms with Crippen molar-refractivity contribution in [3.05, 3.63) is 34.8 Å². The van der Waals surface area contributed by atoms with Gasteiger partial charge < -0.3 is 10.6 Å². The fourth-order valence-corrected chi connectivity index (χ4v) is 4.24. The highest BCUT2D eigenvalue weighted by molar-refractivity contribution is 5.91. The van der Waals surface area contributed by atoms with Crippen molar-refractivity contribution in [2.75, 3.05) is 0 Å². The molecule has 0 saturated heterocycles. The van der Waals surface area contributed by atoms with Crippen molar-refractivity contribution in [2.45, 2.75) is 70.6 Å². The van der Waals surface area contributed by atoms with Crippen molar-refractivity contribution in [3.63, 3.8) is 0 Å². The van der Waals surface area contributed by atoms with Gasteiger partial charge in [0.25, 0.3) is 5.91 Å². The van der Waals surface area contributed by atoms with Crippen LogP contribution in [0.15, 0.2) is 22.8 Å². The van der Waals surface area contributed by atoms with Crippen LogP contribution >= 0.6 is 0 Å². The summed E-state index contributed by atoms with van der Waals surface area (Å²) in [4.78, 5) is 28.7. The fourth-order valence-electron chi connectivity index (χ4n) is 4.24. The molecule has 2 saturated carbocycles. The lowest BCUT2D eigenvalue weighted by Crippen LogP contribution is -2.57. The maximum absolute atomic E-state index is 13.0. The summed E-state index contributed by atoms with van der Waals surface area (Å²) in [5, 5.41) is 6.84. The summed E-state index contributed by atoms with van der Waals surface area (Å²) in [5.74, 6) is 2.08. The van der Waals surface area contributed by atoms with Crippen molar-refractivity contribution in [3.8, 4) is 0 Å². The Kier molecular flexibility index (Phi) is 3.74. The van der Waals surface area contributed by atoms with Crippen LogP contribution in [-0.4, -0.2) is 39.1 Å². The number of nitrogens with one attached hydrogen (secondary N) is 2. The van der Waals surface area contributed by atoms with Crippen LogP contribution in [0.5, 0.6) is 0 Å². The first-order valence-electron chi connectivity index (χ1n) is 9.99. The van der Waals surface area contributed by atoms with Crippen LogP contribution in [0.25, 0.3) is 0 Å². The Bertz CT molecular complexity index is 854. The molecule has 5 rings (SSSR count). The van der Waals surface area contributed by atoms with E-state index < -0.39 is 0 Å². The first-order valence-corrected chi connectivity index (χ1v) is 9.99. The quantitative estimate of drug-likeness (QED) is 0.853. The maximum Gasteiger partial charge on any atom is 0.250 e. The van der Waals surface area contributed by atoms with Crippen molar-refractivity contribution in [1.29, 1.82) is 0 Å². The Labute approximate surface area is 159 Å². The number of nitrogens with zero attached hydrogens (tertiary/aromatic N) is 4. The molecule has 2 fully saturated rings. The zero-order valence-electron chi connectivity index (χ0n) is 16.1. The van der Waals surface area contributed by atoms with Gasteiger partial charge in [0.1, 0.15) is 24.4 Å². The lowest BCUT2D eigenvalue weighted by Gasteiger charge is -2.41. The molecular weight excluding hydrogens is 340 g/mol. The number of aliphatic imine (C=N–C) groups is 1. The second-order valence-electron chi connectivity index (χ2n) is 8.27. The number of hydrogen-bond acceptors (Lipinski definition) is 6. The third kappa shape index (κ3) is 2.80. The number of carbonyl (C=O) groups is 1. The highest BCUT2D eigenvalue weighted by Crippen LogP contribution is 2.43. The molecule has 27 heavy (non-hydrogen) atoms. The Morgan fingerprint density at radius 3 is 2.67 bits per heavy atom. The van der Waals surface area contributed by atoms with E-state index in [0.29, 0.717) is 11.8 Å². The molecule has 0 radical (unpaired) electrons. The van der Waals surface area contributed by atoms with Gasteiger partial charge in [0, 0.05) is 23.2 Å². The summed E-state index contributed by atoms with van der Waals surface area (Å²) in [5.41, 5.74) is 4.02. The Balaban J connectivity index is 1.51. The van der Waals surface area contributed by atoms with Crippen LogP contribution in [0, 0.1) is 12.8 Å². The molecular formula is C20H26N6O. The van der Waals surface area contributed by atoms with Crippen molar-refractivity contribution < 1.29 is 4.79 Å². The predicted octanol–water partition coefficient (Wildman–Crippen LogP) is 2.12. The van der Waals surface area contributed by atoms with Crippen molar-refractivity contribution >= 4 is 12.1 Å². The minimum Gasteiger partial charge on any atom is -0.370 e. The number of aromatic nitrogens is 2. The predicted molar refractivity (Wildman–Crippen MR) is 102 cm³/mol. The summed E-state index contributed by atoms with van der Waals surface area (Å²) < 4.78 is 0. The molecule has 4 aliphatic rings. The molecule has 0 spiro atoms. The van der Waals surface area contributed by atoms with Gasteiger partial charge in [0.15, 0.2) is 0 Å². The summed E-state index contributed by atoms with van der Waals surface area (Å²) in [6.45, 7) is 6.09. The molecule has 3 heterocycles. The molecule has 3 unspecified atom stereocenters. The molecule has 1 aromatic heterocycles. The van der Waals surface area contributed by atoms with Crippen molar-refractivity contribution in [1.82, 2.24) is 25.5 Å². The van der Waals surface area contributed by atoms with E-state index in [2.05, 4.69) is 27.5 Å². The second kappa shape index (κ2) is 6.04. The van der Waals surface area contributed by atoms with E-state index in [-0.39, 0.29) is 24.2 Å². The van der Waals surface area contributed by atoms with E-state index in [0.717, 1.165) is 28.5 Å². The Morgan fingerprint density at radius 1 is 1.19 bits per heavy atom. The molecule has 1 amide bonds. The maximum atomic E-state index is 13.0.